The minimum Gasteiger partial charge on any atom is -0.492 e. The summed E-state index contributed by atoms with van der Waals surface area (Å²) in [4.78, 5) is 25.4. The number of nitrogens with one attached hydrogen (secondary N) is 1. The van der Waals surface area contributed by atoms with Crippen LogP contribution in [-0.4, -0.2) is 37.4 Å². The normalized spacial score (nSPS) is 11.0. The van der Waals surface area contributed by atoms with Crippen LogP contribution in [0.2, 0.25) is 0 Å². The largest absolute Gasteiger partial charge is 0.492 e. The molecule has 0 aliphatic heterocycles. The van der Waals surface area contributed by atoms with E-state index in [4.69, 9.17) is 4.74 Å². The van der Waals surface area contributed by atoms with Gasteiger partial charge in [-0.3, -0.25) is 18.6 Å². The molecule has 1 amide bonds. The van der Waals surface area contributed by atoms with Gasteiger partial charge in [-0.05, 0) is 31.2 Å². The molecule has 0 aliphatic carbocycles. The van der Waals surface area contributed by atoms with E-state index >= 15 is 0 Å². The molecule has 158 valence electrons. The summed E-state index contributed by atoms with van der Waals surface area (Å²) in [7, 11) is 0. The van der Waals surface area contributed by atoms with E-state index < -0.39 is 0 Å². The number of benzene rings is 2. The van der Waals surface area contributed by atoms with Crippen molar-refractivity contribution in [2.24, 2.45) is 0 Å². The van der Waals surface area contributed by atoms with Gasteiger partial charge in [0.2, 0.25) is 11.7 Å². The average Bonchev–Trinajstić information content (AvgIpc) is 3.21. The number of fused-ring (bicyclic) bond motifs is 3. The van der Waals surface area contributed by atoms with Gasteiger partial charge in [0.05, 0.1) is 29.0 Å². The maximum absolute atomic E-state index is 12.8. The molecule has 9 heteroatoms. The Morgan fingerprint density at radius 3 is 2.77 bits per heavy atom. The van der Waals surface area contributed by atoms with Crippen LogP contribution in [0.1, 0.15) is 6.92 Å². The van der Waals surface area contributed by atoms with Gasteiger partial charge < -0.3 is 10.1 Å². The van der Waals surface area contributed by atoms with Gasteiger partial charge in [-0.2, -0.15) is 0 Å². The number of amides is 1. The molecule has 0 bridgehead atoms. The summed E-state index contributed by atoms with van der Waals surface area (Å²) in [6, 6.07) is 14.6. The van der Waals surface area contributed by atoms with Crippen molar-refractivity contribution in [3.05, 3.63) is 71.5 Å². The Balaban J connectivity index is 1.63. The molecule has 0 aliphatic rings. The zero-order valence-electron chi connectivity index (χ0n) is 16.9. The van der Waals surface area contributed by atoms with Crippen LogP contribution in [0, 0.1) is 0 Å². The SMILES string of the molecule is C=CCn1c(=O)c2ccccc2n2c(SCC(=O)Nc3ccccc3OCC)nnc12. The van der Waals surface area contributed by atoms with Crippen molar-refractivity contribution in [3.8, 4) is 5.75 Å². The van der Waals surface area contributed by atoms with Gasteiger partial charge in [0.15, 0.2) is 5.16 Å². The first-order chi connectivity index (χ1) is 15.1. The van der Waals surface area contributed by atoms with Crippen LogP contribution in [0.15, 0.2) is 71.1 Å². The number of rotatable bonds is 8. The minimum absolute atomic E-state index is 0.121. The molecule has 0 atom stereocenters. The lowest BCUT2D eigenvalue weighted by molar-refractivity contribution is -0.113. The van der Waals surface area contributed by atoms with Crippen LogP contribution < -0.4 is 15.6 Å². The number of carbonyl (C=O) groups excluding carboxylic acids is 1. The molecule has 1 N–H and O–H groups in total. The number of hydrogen-bond donors (Lipinski definition) is 1. The zero-order chi connectivity index (χ0) is 21.8. The topological polar surface area (TPSA) is 90.5 Å². The van der Waals surface area contributed by atoms with Crippen molar-refractivity contribution < 1.29 is 9.53 Å². The quantitative estimate of drug-likeness (QED) is 0.337. The Morgan fingerprint density at radius 2 is 1.97 bits per heavy atom. The van der Waals surface area contributed by atoms with Gasteiger partial charge in [0, 0.05) is 6.54 Å². The van der Waals surface area contributed by atoms with Gasteiger partial charge in [-0.25, -0.2) is 0 Å². The van der Waals surface area contributed by atoms with E-state index in [1.165, 1.54) is 16.3 Å². The predicted octanol–water partition coefficient (Wildman–Crippen LogP) is 3.36. The summed E-state index contributed by atoms with van der Waals surface area (Å²) in [6.07, 6.45) is 1.64. The molecule has 4 aromatic rings. The lowest BCUT2D eigenvalue weighted by Gasteiger charge is -2.11. The zero-order valence-corrected chi connectivity index (χ0v) is 17.8. The fraction of sp³-hybridized carbons (Fsp3) is 0.182. The number of thioether (sulfide) groups is 1. The molecule has 0 saturated heterocycles. The van der Waals surface area contributed by atoms with Crippen LogP contribution in [0.25, 0.3) is 16.7 Å². The first-order valence-electron chi connectivity index (χ1n) is 9.76. The fourth-order valence-corrected chi connectivity index (χ4v) is 4.03. The summed E-state index contributed by atoms with van der Waals surface area (Å²) in [5, 5.41) is 12.4. The molecule has 0 spiro atoms. The Morgan fingerprint density at radius 1 is 1.19 bits per heavy atom. The van der Waals surface area contributed by atoms with E-state index in [9.17, 15) is 9.59 Å². The minimum atomic E-state index is -0.197. The van der Waals surface area contributed by atoms with Crippen molar-refractivity contribution in [2.45, 2.75) is 18.6 Å². The molecule has 0 unspecified atom stereocenters. The Bertz CT molecular complexity index is 1330. The molecule has 31 heavy (non-hydrogen) atoms. The highest BCUT2D eigenvalue weighted by atomic mass is 32.2. The fourth-order valence-electron chi connectivity index (χ4n) is 3.29. The monoisotopic (exact) mass is 435 g/mol. The summed E-state index contributed by atoms with van der Waals surface area (Å²) < 4.78 is 8.87. The highest BCUT2D eigenvalue weighted by molar-refractivity contribution is 7.99. The second kappa shape index (κ2) is 9.05. The van der Waals surface area contributed by atoms with Crippen molar-refractivity contribution in [1.82, 2.24) is 19.2 Å². The van der Waals surface area contributed by atoms with Gasteiger partial charge in [-0.1, -0.05) is 42.1 Å². The third kappa shape index (κ3) is 4.04. The van der Waals surface area contributed by atoms with Gasteiger partial charge >= 0.3 is 0 Å². The maximum Gasteiger partial charge on any atom is 0.263 e. The Labute approximate surface area is 182 Å². The van der Waals surface area contributed by atoms with Crippen LogP contribution in [0.3, 0.4) is 0 Å². The van der Waals surface area contributed by atoms with E-state index in [1.807, 2.05) is 43.3 Å². The standard InChI is InChI=1S/C22H21N5O3S/c1-3-13-26-20(29)15-9-5-7-11-17(15)27-21(26)24-25-22(27)31-14-19(28)23-16-10-6-8-12-18(16)30-4-2/h3,5-12H,1,4,13-14H2,2H3,(H,23,28). The predicted molar refractivity (Wildman–Crippen MR) is 122 cm³/mol. The first-order valence-corrected chi connectivity index (χ1v) is 10.7. The highest BCUT2D eigenvalue weighted by Crippen LogP contribution is 2.25. The number of nitrogens with zero attached hydrogens (tertiary/aromatic N) is 4. The van der Waals surface area contributed by atoms with E-state index in [0.29, 0.717) is 46.4 Å². The van der Waals surface area contributed by atoms with Crippen molar-refractivity contribution in [2.75, 3.05) is 17.7 Å². The third-order valence-corrected chi connectivity index (χ3v) is 5.51. The summed E-state index contributed by atoms with van der Waals surface area (Å²) in [5.41, 5.74) is 1.15. The number of hydrogen-bond acceptors (Lipinski definition) is 6. The Hall–Kier alpha value is -3.59. The maximum atomic E-state index is 12.8. The van der Waals surface area contributed by atoms with Crippen LogP contribution >= 0.6 is 11.8 Å². The molecule has 2 aromatic carbocycles. The second-order valence-electron chi connectivity index (χ2n) is 6.61. The number of para-hydroxylation sites is 3. The highest BCUT2D eigenvalue weighted by Gasteiger charge is 2.17. The molecule has 0 saturated carbocycles. The van der Waals surface area contributed by atoms with E-state index in [-0.39, 0.29) is 17.2 Å². The van der Waals surface area contributed by atoms with Crippen LogP contribution in [0.5, 0.6) is 5.75 Å². The summed E-state index contributed by atoms with van der Waals surface area (Å²) in [5.74, 6) is 0.956. The van der Waals surface area contributed by atoms with E-state index in [0.717, 1.165) is 0 Å². The number of anilines is 1. The molecule has 0 fully saturated rings. The smallest absolute Gasteiger partial charge is 0.263 e. The molecule has 8 nitrogen and oxygen atoms in total. The Kier molecular flexibility index (Phi) is 6.03. The molecular formula is C22H21N5O3S. The van der Waals surface area contributed by atoms with Crippen molar-refractivity contribution >= 4 is 40.0 Å². The third-order valence-electron chi connectivity index (χ3n) is 4.58. The lowest BCUT2D eigenvalue weighted by atomic mass is 10.2. The average molecular weight is 436 g/mol. The summed E-state index contributed by atoms with van der Waals surface area (Å²) in [6.45, 7) is 6.43. The molecule has 4 rings (SSSR count). The van der Waals surface area contributed by atoms with E-state index in [1.54, 1.807) is 22.6 Å². The van der Waals surface area contributed by atoms with Gasteiger partial charge in [-0.15, -0.1) is 16.8 Å². The molecule has 0 radical (unpaired) electrons. The number of ether oxygens (including phenoxy) is 1. The molecular weight excluding hydrogens is 414 g/mol. The number of allylic oxidation sites excluding steroid dienone is 1. The number of carbonyl (C=O) groups is 1. The van der Waals surface area contributed by atoms with Crippen molar-refractivity contribution in [1.29, 1.82) is 0 Å². The molecule has 2 aromatic heterocycles. The van der Waals surface area contributed by atoms with Crippen molar-refractivity contribution in [3.63, 3.8) is 0 Å². The summed E-state index contributed by atoms with van der Waals surface area (Å²) >= 11 is 1.25. The lowest BCUT2D eigenvalue weighted by Crippen LogP contribution is -2.22. The van der Waals surface area contributed by atoms with Crippen LogP contribution in [-0.2, 0) is 11.3 Å². The van der Waals surface area contributed by atoms with Gasteiger partial charge in [0.25, 0.3) is 5.56 Å². The second-order valence-corrected chi connectivity index (χ2v) is 7.55. The van der Waals surface area contributed by atoms with Crippen LogP contribution in [0.4, 0.5) is 5.69 Å². The number of aromatic nitrogens is 4. The molecule has 2 heterocycles. The van der Waals surface area contributed by atoms with Gasteiger partial charge in [0.1, 0.15) is 5.75 Å². The van der Waals surface area contributed by atoms with E-state index in [2.05, 4.69) is 22.1 Å². The first kappa shape index (κ1) is 20.7.